The molecule has 2 amide bonds. The number of hydrogen-bond donors (Lipinski definition) is 4. The van der Waals surface area contributed by atoms with Gasteiger partial charge in [0.2, 0.25) is 0 Å². The van der Waals surface area contributed by atoms with Gasteiger partial charge in [-0.25, -0.2) is 0 Å². The predicted molar refractivity (Wildman–Crippen MR) is 226 cm³/mol. The normalized spacial score (nSPS) is 13.0. The number of amides is 2. The van der Waals surface area contributed by atoms with Crippen LogP contribution in [0.25, 0.3) is 0 Å². The second-order valence-electron chi connectivity index (χ2n) is 7.31. The predicted octanol–water partition coefficient (Wildman–Crippen LogP) is 5.58. The highest BCUT2D eigenvalue weighted by Crippen LogP contribution is 2.16. The van der Waals surface area contributed by atoms with E-state index in [-0.39, 0.29) is 23.0 Å². The van der Waals surface area contributed by atoms with Gasteiger partial charge in [0.1, 0.15) is 0 Å². The highest BCUT2D eigenvalue weighted by molar-refractivity contribution is 8.22. The maximum Gasteiger partial charge on any atom is 0.279 e. The monoisotopic (exact) mass is 874 g/mol. The third-order valence-corrected chi connectivity index (χ3v) is 18.1. The largest absolute Gasteiger partial charge is 0.396 e. The summed E-state index contributed by atoms with van der Waals surface area (Å²) < 4.78 is 23.7. The molecule has 0 aromatic carbocycles. The molecular formula is C22H42N4O6S13. The van der Waals surface area contributed by atoms with E-state index in [1.807, 2.05) is 0 Å². The number of aliphatic imine (C=N–C) groups is 2. The molecule has 23 heteroatoms. The molecule has 0 bridgehead atoms. The van der Waals surface area contributed by atoms with Gasteiger partial charge in [-0.1, -0.05) is 23.5 Å². The third-order valence-electron chi connectivity index (χ3n) is 3.90. The molecule has 0 aliphatic rings. The second-order valence-corrected chi connectivity index (χ2v) is 23.2. The highest BCUT2D eigenvalue weighted by atomic mass is 32.2. The smallest absolute Gasteiger partial charge is 0.279 e. The molecule has 0 rings (SSSR count). The van der Waals surface area contributed by atoms with Gasteiger partial charge in [-0.15, -0.1) is 70.6 Å². The van der Waals surface area contributed by atoms with Crippen molar-refractivity contribution in [2.75, 3.05) is 102 Å². The lowest BCUT2D eigenvalue weighted by molar-refractivity contribution is 0.261. The zero-order valence-corrected chi connectivity index (χ0v) is 35.2. The standard InChI is InChI=1S/C22H42N4O6S13/c27-1-2-33-3-5-42-21(29)25-11-38-17-36-9-23-13-44(31)8-7-35-16-34-4-6-43-22(30)26-12-39-18-37-10-24-14-45(32)20-41-19-40-15-28/h13-14,27-28H,1-12,15-20H2,(H,25,29)(H,26,30)/b23-13-,24-14-. The summed E-state index contributed by atoms with van der Waals surface area (Å²) in [6.07, 6.45) is 0. The first-order chi connectivity index (χ1) is 22.0. The van der Waals surface area contributed by atoms with Crippen molar-refractivity contribution in [1.29, 1.82) is 0 Å². The molecule has 0 fully saturated rings. The minimum Gasteiger partial charge on any atom is -0.396 e. The van der Waals surface area contributed by atoms with Gasteiger partial charge in [0.25, 0.3) is 10.5 Å². The van der Waals surface area contributed by atoms with Crippen LogP contribution in [-0.2, 0) is 21.6 Å². The van der Waals surface area contributed by atoms with Crippen LogP contribution in [0.3, 0.4) is 0 Å². The Hall–Kier alpha value is 2.35. The first-order valence-electron chi connectivity index (χ1n) is 13.0. The molecule has 2 atom stereocenters. The number of nitrogens with one attached hydrogen (secondary N) is 2. The molecular weight excluding hydrogens is 833 g/mol. The maximum atomic E-state index is 12.0. The number of hydrogen-bond acceptors (Lipinski definition) is 19. The van der Waals surface area contributed by atoms with Crippen LogP contribution >= 0.6 is 129 Å². The zero-order valence-electron chi connectivity index (χ0n) is 24.6. The average molecular weight is 875 g/mol. The van der Waals surface area contributed by atoms with Gasteiger partial charge >= 0.3 is 0 Å². The van der Waals surface area contributed by atoms with E-state index >= 15 is 0 Å². The van der Waals surface area contributed by atoms with E-state index in [9.17, 15) is 18.0 Å². The summed E-state index contributed by atoms with van der Waals surface area (Å²) in [5, 5.41) is 26.7. The minimum absolute atomic E-state index is 0.0280. The molecule has 10 nitrogen and oxygen atoms in total. The molecule has 0 heterocycles. The molecule has 2 unspecified atom stereocenters. The summed E-state index contributed by atoms with van der Waals surface area (Å²) in [6.45, 7) is 0.168. The van der Waals surface area contributed by atoms with E-state index in [4.69, 9.17) is 10.2 Å². The molecule has 0 radical (unpaired) electrons. The van der Waals surface area contributed by atoms with Crippen molar-refractivity contribution >= 4 is 173 Å². The molecule has 0 aliphatic carbocycles. The number of aliphatic hydroxyl groups excluding tert-OH is 2. The van der Waals surface area contributed by atoms with Crippen LogP contribution < -0.4 is 10.6 Å². The van der Waals surface area contributed by atoms with Crippen LogP contribution in [0.1, 0.15) is 0 Å². The van der Waals surface area contributed by atoms with Crippen LogP contribution in [0.2, 0.25) is 0 Å². The van der Waals surface area contributed by atoms with E-state index in [0.29, 0.717) is 45.2 Å². The van der Waals surface area contributed by atoms with Crippen LogP contribution in [-0.4, -0.2) is 142 Å². The number of rotatable bonds is 32. The van der Waals surface area contributed by atoms with E-state index in [1.165, 1.54) is 58.1 Å². The Morgan fingerprint density at radius 1 is 0.600 bits per heavy atom. The molecule has 0 aromatic heterocycles. The minimum atomic E-state index is -1.09. The Morgan fingerprint density at radius 3 is 1.73 bits per heavy atom. The Morgan fingerprint density at radius 2 is 1.13 bits per heavy atom. The Bertz CT molecular complexity index is 836. The summed E-state index contributed by atoms with van der Waals surface area (Å²) >= 11 is 17.0. The SMILES string of the molecule is O=C(NCSCSC/N=C\S(=O)CCSCSCCSC(=O)NCSCSC/N=C\S(=O)CSCSCO)SCCSCCO. The van der Waals surface area contributed by atoms with Crippen molar-refractivity contribution in [1.82, 2.24) is 10.6 Å². The quantitative estimate of drug-likeness (QED) is 0.0287. The van der Waals surface area contributed by atoms with Crippen LogP contribution in [0.5, 0.6) is 0 Å². The molecule has 0 aromatic rings. The van der Waals surface area contributed by atoms with Crippen molar-refractivity contribution in [3.05, 3.63) is 0 Å². The highest BCUT2D eigenvalue weighted by Gasteiger charge is 2.03. The fraction of sp³-hybridized carbons (Fsp3) is 0.818. The average Bonchev–Trinajstić information content (AvgIpc) is 3.03. The van der Waals surface area contributed by atoms with Gasteiger partial charge in [-0.3, -0.25) is 28.0 Å². The van der Waals surface area contributed by atoms with Gasteiger partial charge in [-0.2, -0.15) is 35.3 Å². The first kappa shape index (κ1) is 47.4. The molecule has 0 saturated heterocycles. The fourth-order valence-corrected chi connectivity index (χ4v) is 13.8. The molecule has 0 saturated carbocycles. The van der Waals surface area contributed by atoms with Crippen molar-refractivity contribution in [2.45, 2.75) is 0 Å². The van der Waals surface area contributed by atoms with E-state index in [2.05, 4.69) is 20.6 Å². The summed E-state index contributed by atoms with van der Waals surface area (Å²) in [5.41, 5.74) is 2.99. The molecule has 0 spiro atoms. The van der Waals surface area contributed by atoms with Crippen LogP contribution in [0.15, 0.2) is 9.98 Å². The maximum absolute atomic E-state index is 12.0. The Labute approximate surface area is 319 Å². The van der Waals surface area contributed by atoms with E-state index in [0.717, 1.165) is 44.0 Å². The van der Waals surface area contributed by atoms with Crippen molar-refractivity contribution in [2.24, 2.45) is 9.98 Å². The van der Waals surface area contributed by atoms with Crippen LogP contribution in [0.4, 0.5) is 9.59 Å². The van der Waals surface area contributed by atoms with Crippen molar-refractivity contribution < 1.29 is 28.2 Å². The Kier molecular flexibility index (Phi) is 41.2. The zero-order chi connectivity index (χ0) is 33.1. The lowest BCUT2D eigenvalue weighted by Gasteiger charge is -2.04. The lowest BCUT2D eigenvalue weighted by Crippen LogP contribution is -2.18. The molecule has 264 valence electrons. The first-order valence-corrected chi connectivity index (χ1v) is 28.1. The summed E-state index contributed by atoms with van der Waals surface area (Å²) in [6, 6.07) is 0. The van der Waals surface area contributed by atoms with E-state index in [1.54, 1.807) is 82.3 Å². The summed E-state index contributed by atoms with van der Waals surface area (Å²) in [4.78, 5) is 32.0. The van der Waals surface area contributed by atoms with Crippen molar-refractivity contribution in [3.8, 4) is 0 Å². The third kappa shape index (κ3) is 39.0. The number of carbonyl (C=O) groups excluding carboxylic acids is 2. The van der Waals surface area contributed by atoms with Gasteiger partial charge in [0.05, 0.1) is 73.8 Å². The number of nitrogens with zero attached hydrogens (tertiary/aromatic N) is 2. The summed E-state index contributed by atoms with van der Waals surface area (Å²) in [5.74, 6) is 7.51. The number of thioether (sulfide) groups is 11. The lowest BCUT2D eigenvalue weighted by atomic mass is 10.9. The van der Waals surface area contributed by atoms with Crippen molar-refractivity contribution in [3.63, 3.8) is 0 Å². The number of aliphatic hydroxyl groups is 2. The van der Waals surface area contributed by atoms with Gasteiger partial charge < -0.3 is 20.8 Å². The second kappa shape index (κ2) is 39.1. The van der Waals surface area contributed by atoms with E-state index < -0.39 is 21.6 Å². The topological polar surface area (TPSA) is 158 Å². The number of carbonyl (C=O) groups is 2. The van der Waals surface area contributed by atoms with Crippen LogP contribution in [0, 0.1) is 0 Å². The summed E-state index contributed by atoms with van der Waals surface area (Å²) in [7, 11) is -2.16. The van der Waals surface area contributed by atoms with Gasteiger partial charge in [0.15, 0.2) is 0 Å². The van der Waals surface area contributed by atoms with Gasteiger partial charge in [0, 0.05) is 60.6 Å². The molecule has 45 heavy (non-hydrogen) atoms. The Balaban J connectivity index is 3.45. The molecule has 4 N–H and O–H groups in total. The fourth-order valence-electron chi connectivity index (χ4n) is 2.10. The van der Waals surface area contributed by atoms with Gasteiger partial charge in [-0.05, 0) is 0 Å². The molecule has 0 aliphatic heterocycles.